The predicted octanol–water partition coefficient (Wildman–Crippen LogP) is 3.41. The molecule has 0 radical (unpaired) electrons. The molecule has 0 aliphatic carbocycles. The van der Waals surface area contributed by atoms with Crippen LogP contribution in [0.1, 0.15) is 10.6 Å². The van der Waals surface area contributed by atoms with Crippen molar-refractivity contribution < 1.29 is 14.3 Å². The third-order valence-electron chi connectivity index (χ3n) is 2.00. The molecule has 0 saturated heterocycles. The monoisotopic (exact) mass is 266 g/mol. The van der Waals surface area contributed by atoms with Crippen molar-refractivity contribution in [3.8, 4) is 11.1 Å². The summed E-state index contributed by atoms with van der Waals surface area (Å²) < 4.78 is 5.81. The molecule has 1 aromatic heterocycles. The second kappa shape index (κ2) is 3.90. The van der Waals surface area contributed by atoms with Crippen LogP contribution < -0.4 is 0 Å². The van der Waals surface area contributed by atoms with E-state index in [1.165, 1.54) is 6.26 Å². The van der Waals surface area contributed by atoms with Crippen molar-refractivity contribution in [1.29, 1.82) is 0 Å². The van der Waals surface area contributed by atoms with Gasteiger partial charge < -0.3 is 9.52 Å². The molecule has 1 N–H and O–H groups in total. The molecule has 0 atom stereocenters. The van der Waals surface area contributed by atoms with Gasteiger partial charge in [0, 0.05) is 10.0 Å². The highest BCUT2D eigenvalue weighted by Crippen LogP contribution is 2.27. The molecule has 2 aromatic rings. The molecule has 3 nitrogen and oxygen atoms in total. The van der Waals surface area contributed by atoms with Crippen LogP contribution in [0.2, 0.25) is 0 Å². The number of carbonyl (C=O) groups is 1. The molecule has 0 saturated carbocycles. The van der Waals surface area contributed by atoms with Gasteiger partial charge in [-0.3, -0.25) is 0 Å². The van der Waals surface area contributed by atoms with Crippen LogP contribution in [0.15, 0.2) is 45.5 Å². The average molecular weight is 267 g/mol. The zero-order valence-electron chi connectivity index (χ0n) is 7.61. The largest absolute Gasteiger partial charge is 0.475 e. The Balaban J connectivity index is 2.54. The van der Waals surface area contributed by atoms with Gasteiger partial charge in [0.05, 0.1) is 6.26 Å². The van der Waals surface area contributed by atoms with Gasteiger partial charge in [-0.25, -0.2) is 4.79 Å². The Labute approximate surface area is 94.5 Å². The molecule has 0 amide bonds. The normalized spacial score (nSPS) is 10.2. The lowest BCUT2D eigenvalue weighted by molar-refractivity contribution is 0.0663. The Morgan fingerprint density at radius 2 is 2.13 bits per heavy atom. The minimum absolute atomic E-state index is 0.0342. The van der Waals surface area contributed by atoms with Crippen LogP contribution in [-0.4, -0.2) is 11.1 Å². The first-order chi connectivity index (χ1) is 7.18. The summed E-state index contributed by atoms with van der Waals surface area (Å²) in [5.74, 6) is -1.09. The van der Waals surface area contributed by atoms with Crippen LogP contribution in [0.5, 0.6) is 0 Å². The number of rotatable bonds is 2. The summed E-state index contributed by atoms with van der Waals surface area (Å²) in [4.78, 5) is 10.8. The SMILES string of the molecule is O=C(O)c1occc1-c1cccc(Br)c1. The second-order valence-electron chi connectivity index (χ2n) is 2.98. The summed E-state index contributed by atoms with van der Waals surface area (Å²) in [6.45, 7) is 0. The van der Waals surface area contributed by atoms with Gasteiger partial charge in [0.15, 0.2) is 0 Å². The third-order valence-corrected chi connectivity index (χ3v) is 2.49. The fourth-order valence-corrected chi connectivity index (χ4v) is 1.76. The Kier molecular flexibility index (Phi) is 2.60. The summed E-state index contributed by atoms with van der Waals surface area (Å²) >= 11 is 3.33. The van der Waals surface area contributed by atoms with Gasteiger partial charge in [0.2, 0.25) is 5.76 Å². The van der Waals surface area contributed by atoms with Crippen LogP contribution in [0.4, 0.5) is 0 Å². The maximum absolute atomic E-state index is 10.8. The standard InChI is InChI=1S/C11H7BrO3/c12-8-3-1-2-7(6-8)9-4-5-15-10(9)11(13)14/h1-6H,(H,13,14). The van der Waals surface area contributed by atoms with Gasteiger partial charge in [-0.2, -0.15) is 0 Å². The molecular formula is C11H7BrO3. The molecule has 0 spiro atoms. The Morgan fingerprint density at radius 1 is 1.33 bits per heavy atom. The van der Waals surface area contributed by atoms with Gasteiger partial charge in [-0.05, 0) is 23.8 Å². The van der Waals surface area contributed by atoms with Crippen LogP contribution in [-0.2, 0) is 0 Å². The van der Waals surface area contributed by atoms with Crippen molar-refractivity contribution in [3.63, 3.8) is 0 Å². The third kappa shape index (κ3) is 1.94. The lowest BCUT2D eigenvalue weighted by Crippen LogP contribution is -1.95. The van der Waals surface area contributed by atoms with E-state index in [1.54, 1.807) is 6.07 Å². The molecule has 2 rings (SSSR count). The van der Waals surface area contributed by atoms with E-state index < -0.39 is 5.97 Å². The van der Waals surface area contributed by atoms with Gasteiger partial charge in [0.25, 0.3) is 0 Å². The first kappa shape index (κ1) is 9.98. The highest BCUT2D eigenvalue weighted by Gasteiger charge is 2.15. The summed E-state index contributed by atoms with van der Waals surface area (Å²) in [6, 6.07) is 9.05. The molecule has 0 bridgehead atoms. The number of furan rings is 1. The zero-order valence-corrected chi connectivity index (χ0v) is 9.19. The number of hydrogen-bond acceptors (Lipinski definition) is 2. The van der Waals surface area contributed by atoms with E-state index in [0.29, 0.717) is 5.56 Å². The van der Waals surface area contributed by atoms with Gasteiger partial charge in [0.1, 0.15) is 0 Å². The van der Waals surface area contributed by atoms with Crippen molar-refractivity contribution in [2.45, 2.75) is 0 Å². The first-order valence-corrected chi connectivity index (χ1v) is 5.04. The summed E-state index contributed by atoms with van der Waals surface area (Å²) in [7, 11) is 0. The van der Waals surface area contributed by atoms with Gasteiger partial charge in [-0.1, -0.05) is 28.1 Å². The van der Waals surface area contributed by atoms with Crippen LogP contribution in [0.25, 0.3) is 11.1 Å². The van der Waals surface area contributed by atoms with E-state index in [-0.39, 0.29) is 5.76 Å². The second-order valence-corrected chi connectivity index (χ2v) is 3.89. The molecule has 15 heavy (non-hydrogen) atoms. The number of hydrogen-bond donors (Lipinski definition) is 1. The minimum atomic E-state index is -1.06. The fraction of sp³-hybridized carbons (Fsp3) is 0. The van der Waals surface area contributed by atoms with Crippen LogP contribution in [0, 0.1) is 0 Å². The van der Waals surface area contributed by atoms with E-state index in [9.17, 15) is 4.79 Å². The molecule has 0 aliphatic rings. The van der Waals surface area contributed by atoms with E-state index in [1.807, 2.05) is 24.3 Å². The van der Waals surface area contributed by atoms with Crippen molar-refractivity contribution in [2.75, 3.05) is 0 Å². The molecular weight excluding hydrogens is 260 g/mol. The molecule has 1 heterocycles. The number of aromatic carboxylic acids is 1. The number of carboxylic acids is 1. The number of benzene rings is 1. The first-order valence-electron chi connectivity index (χ1n) is 4.25. The lowest BCUT2D eigenvalue weighted by Gasteiger charge is -1.99. The van der Waals surface area contributed by atoms with Crippen molar-refractivity contribution in [1.82, 2.24) is 0 Å². The molecule has 0 aliphatic heterocycles. The van der Waals surface area contributed by atoms with Gasteiger partial charge >= 0.3 is 5.97 Å². The molecule has 76 valence electrons. The van der Waals surface area contributed by atoms with Crippen molar-refractivity contribution in [3.05, 3.63) is 46.8 Å². The summed E-state index contributed by atoms with van der Waals surface area (Å²) in [5, 5.41) is 8.88. The molecule has 0 fully saturated rings. The van der Waals surface area contributed by atoms with E-state index in [0.717, 1.165) is 10.0 Å². The molecule has 0 unspecified atom stereocenters. The average Bonchev–Trinajstić information content (AvgIpc) is 2.65. The highest BCUT2D eigenvalue weighted by molar-refractivity contribution is 9.10. The maximum Gasteiger partial charge on any atom is 0.372 e. The number of carboxylic acid groups (broad SMARTS) is 1. The van der Waals surface area contributed by atoms with Crippen molar-refractivity contribution in [2.24, 2.45) is 0 Å². The summed E-state index contributed by atoms with van der Waals surface area (Å²) in [6.07, 6.45) is 1.37. The number of halogens is 1. The predicted molar refractivity (Wildman–Crippen MR) is 58.8 cm³/mol. The zero-order chi connectivity index (χ0) is 10.8. The summed E-state index contributed by atoms with van der Waals surface area (Å²) in [5.41, 5.74) is 1.40. The van der Waals surface area contributed by atoms with Crippen LogP contribution in [0.3, 0.4) is 0 Å². The van der Waals surface area contributed by atoms with E-state index in [2.05, 4.69) is 15.9 Å². The fourth-order valence-electron chi connectivity index (χ4n) is 1.36. The topological polar surface area (TPSA) is 50.4 Å². The highest BCUT2D eigenvalue weighted by atomic mass is 79.9. The molecule has 1 aromatic carbocycles. The Bertz CT molecular complexity index is 502. The Hall–Kier alpha value is -1.55. The Morgan fingerprint density at radius 3 is 2.80 bits per heavy atom. The smallest absolute Gasteiger partial charge is 0.372 e. The quantitative estimate of drug-likeness (QED) is 0.907. The van der Waals surface area contributed by atoms with Crippen LogP contribution >= 0.6 is 15.9 Å². The minimum Gasteiger partial charge on any atom is -0.475 e. The van der Waals surface area contributed by atoms with E-state index in [4.69, 9.17) is 9.52 Å². The van der Waals surface area contributed by atoms with E-state index >= 15 is 0 Å². The lowest BCUT2D eigenvalue weighted by atomic mass is 10.1. The van der Waals surface area contributed by atoms with Gasteiger partial charge in [-0.15, -0.1) is 0 Å². The van der Waals surface area contributed by atoms with Crippen molar-refractivity contribution >= 4 is 21.9 Å². The molecule has 4 heteroatoms. The maximum atomic E-state index is 10.8.